The van der Waals surface area contributed by atoms with Crippen LogP contribution in [0.2, 0.25) is 10.0 Å². The van der Waals surface area contributed by atoms with Crippen molar-refractivity contribution in [3.63, 3.8) is 0 Å². The maximum atomic E-state index is 14.5. The van der Waals surface area contributed by atoms with Gasteiger partial charge in [0.2, 0.25) is 0 Å². The molecule has 0 fully saturated rings. The highest BCUT2D eigenvalue weighted by molar-refractivity contribution is 7.73. The topological polar surface area (TPSA) is 26.4 Å². The Morgan fingerprint density at radius 2 is 1.74 bits per heavy atom. The Balaban J connectivity index is 1.94. The van der Waals surface area contributed by atoms with Crippen LogP contribution in [0.1, 0.15) is 5.56 Å². The number of halogens is 3. The highest BCUT2D eigenvalue weighted by atomic mass is 35.5. The molecule has 154 valence electrons. The molecule has 0 aliphatic heterocycles. The molecule has 0 unspecified atom stereocenters. The fourth-order valence-corrected chi connectivity index (χ4v) is 5.73. The minimum Gasteiger partial charge on any atom is -0.288 e. The number of rotatable bonds is 3. The zero-order valence-corrected chi connectivity index (χ0v) is 19.0. The number of para-hydroxylation sites is 1. The van der Waals surface area contributed by atoms with E-state index in [0.29, 0.717) is 41.7 Å². The lowest BCUT2D eigenvalue weighted by atomic mass is 10.1. The molecule has 0 N–H and O–H groups in total. The second-order valence-corrected chi connectivity index (χ2v) is 9.47. The van der Waals surface area contributed by atoms with Crippen LogP contribution in [0.3, 0.4) is 0 Å². The van der Waals surface area contributed by atoms with Crippen molar-refractivity contribution in [1.29, 1.82) is 0 Å². The van der Waals surface area contributed by atoms with Crippen LogP contribution in [0.5, 0.6) is 0 Å². The largest absolute Gasteiger partial charge is 0.288 e. The van der Waals surface area contributed by atoms with Crippen LogP contribution < -0.4 is 5.56 Å². The first kappa shape index (κ1) is 20.4. The van der Waals surface area contributed by atoms with Crippen molar-refractivity contribution in [2.24, 2.45) is 0 Å². The average molecular weight is 487 g/mol. The maximum Gasteiger partial charge on any atom is 0.261 e. The van der Waals surface area contributed by atoms with E-state index in [1.54, 1.807) is 53.1 Å². The lowest BCUT2D eigenvalue weighted by Gasteiger charge is -2.14. The van der Waals surface area contributed by atoms with Gasteiger partial charge >= 0.3 is 0 Å². The third kappa shape index (κ3) is 3.40. The highest BCUT2D eigenvalue weighted by Crippen LogP contribution is 2.38. The zero-order valence-electron chi connectivity index (χ0n) is 15.8. The molecular weight excluding hydrogens is 474 g/mol. The van der Waals surface area contributed by atoms with Crippen LogP contribution in [-0.2, 0) is 6.54 Å². The van der Waals surface area contributed by atoms with E-state index in [1.807, 2.05) is 16.5 Å². The Kier molecular flexibility index (Phi) is 5.18. The number of nitrogens with zero attached hydrogens (tertiary/aromatic N) is 2. The van der Waals surface area contributed by atoms with E-state index in [0.717, 1.165) is 4.88 Å². The Morgan fingerprint density at radius 3 is 2.52 bits per heavy atom. The van der Waals surface area contributed by atoms with E-state index in [9.17, 15) is 9.18 Å². The summed E-state index contributed by atoms with van der Waals surface area (Å²) < 4.78 is 18.5. The second-order valence-electron chi connectivity index (χ2n) is 6.98. The zero-order chi connectivity index (χ0) is 21.7. The fraction of sp³-hybridized carbons (Fsp3) is 0.0435. The monoisotopic (exact) mass is 486 g/mol. The summed E-state index contributed by atoms with van der Waals surface area (Å²) in [7, 11) is 0. The predicted octanol–water partition coefficient (Wildman–Crippen LogP) is 7.21. The molecule has 0 bridgehead atoms. The quantitative estimate of drug-likeness (QED) is 0.252. The van der Waals surface area contributed by atoms with Gasteiger partial charge < -0.3 is 0 Å². The molecule has 2 heterocycles. The number of fused-ring (bicyclic) bond motifs is 3. The molecule has 0 saturated heterocycles. The molecular formula is C23H13Cl2FN2OS2. The van der Waals surface area contributed by atoms with Gasteiger partial charge in [0.15, 0.2) is 3.95 Å². The Labute approximate surface area is 195 Å². The maximum absolute atomic E-state index is 14.5. The molecule has 5 aromatic rings. The van der Waals surface area contributed by atoms with E-state index in [1.165, 1.54) is 17.4 Å². The molecule has 0 amide bonds. The van der Waals surface area contributed by atoms with Gasteiger partial charge in [-0.2, -0.15) is 0 Å². The summed E-state index contributed by atoms with van der Waals surface area (Å²) in [5.41, 5.74) is 2.17. The standard InChI is InChI=1S/C23H13Cl2FN2OS2/c24-14-9-10-15(17(25)11-14)20-21-27(12-13-5-1-3-7-18(13)26)22(29)16-6-2-4-8-19(16)28(21)23(30)31-20/h1-11H,12H2. The van der Waals surface area contributed by atoms with E-state index < -0.39 is 0 Å². The van der Waals surface area contributed by atoms with Gasteiger partial charge in [0.1, 0.15) is 11.5 Å². The summed E-state index contributed by atoms with van der Waals surface area (Å²) in [6, 6.07) is 18.9. The van der Waals surface area contributed by atoms with Crippen LogP contribution in [0.25, 0.3) is 27.0 Å². The minimum atomic E-state index is -0.374. The van der Waals surface area contributed by atoms with Crippen LogP contribution in [0, 0.1) is 9.77 Å². The summed E-state index contributed by atoms with van der Waals surface area (Å²) >= 11 is 19.6. The summed E-state index contributed by atoms with van der Waals surface area (Å²) in [6.45, 7) is 0.0591. The van der Waals surface area contributed by atoms with Crippen molar-refractivity contribution in [1.82, 2.24) is 8.97 Å². The number of hydrogen-bond donors (Lipinski definition) is 0. The van der Waals surface area contributed by atoms with Gasteiger partial charge in [0.25, 0.3) is 5.56 Å². The van der Waals surface area contributed by atoms with Gasteiger partial charge in [-0.05, 0) is 42.5 Å². The third-order valence-electron chi connectivity index (χ3n) is 5.13. The van der Waals surface area contributed by atoms with Gasteiger partial charge in [-0.1, -0.05) is 59.6 Å². The summed E-state index contributed by atoms with van der Waals surface area (Å²) in [6.07, 6.45) is 0. The van der Waals surface area contributed by atoms with Crippen molar-refractivity contribution in [3.05, 3.63) is 102 Å². The van der Waals surface area contributed by atoms with E-state index in [2.05, 4.69) is 0 Å². The van der Waals surface area contributed by atoms with E-state index >= 15 is 0 Å². The second kappa shape index (κ2) is 7.88. The molecule has 31 heavy (non-hydrogen) atoms. The minimum absolute atomic E-state index is 0.0591. The Morgan fingerprint density at radius 1 is 1.00 bits per heavy atom. The summed E-state index contributed by atoms with van der Waals surface area (Å²) in [4.78, 5) is 14.3. The Hall–Kier alpha value is -2.51. The molecule has 0 spiro atoms. The molecule has 0 aliphatic rings. The molecule has 3 aromatic carbocycles. The van der Waals surface area contributed by atoms with Crippen LogP contribution in [-0.4, -0.2) is 8.97 Å². The number of hydrogen-bond acceptors (Lipinski definition) is 3. The normalized spacial score (nSPS) is 11.5. The molecule has 0 aliphatic carbocycles. The van der Waals surface area contributed by atoms with E-state index in [4.69, 9.17) is 35.4 Å². The molecule has 8 heteroatoms. The fourth-order valence-electron chi connectivity index (χ4n) is 3.71. The van der Waals surface area contributed by atoms with Crippen molar-refractivity contribution < 1.29 is 4.39 Å². The first-order valence-corrected chi connectivity index (χ1v) is 11.3. The highest BCUT2D eigenvalue weighted by Gasteiger charge is 2.20. The summed E-state index contributed by atoms with van der Waals surface area (Å²) in [5.74, 6) is -0.374. The summed E-state index contributed by atoms with van der Waals surface area (Å²) in [5, 5.41) is 1.47. The van der Waals surface area contributed by atoms with Crippen molar-refractivity contribution in [3.8, 4) is 10.4 Å². The number of thiazole rings is 1. The third-order valence-corrected chi connectivity index (χ3v) is 7.07. The van der Waals surface area contributed by atoms with Gasteiger partial charge in [0, 0.05) is 16.1 Å². The molecule has 0 saturated carbocycles. The molecule has 5 rings (SSSR count). The van der Waals surface area contributed by atoms with Gasteiger partial charge in [-0.15, -0.1) is 11.3 Å². The first-order chi connectivity index (χ1) is 15.0. The van der Waals surface area contributed by atoms with Crippen molar-refractivity contribution >= 4 is 63.3 Å². The average Bonchev–Trinajstić information content (AvgIpc) is 3.09. The number of benzene rings is 3. The SMILES string of the molecule is O=c1c2ccccc2n2c(=S)sc(-c3ccc(Cl)cc3Cl)c2n1Cc1ccccc1F. The van der Waals surface area contributed by atoms with Crippen LogP contribution >= 0.6 is 46.8 Å². The predicted molar refractivity (Wildman–Crippen MR) is 129 cm³/mol. The van der Waals surface area contributed by atoms with Crippen LogP contribution in [0.4, 0.5) is 4.39 Å². The molecule has 2 aromatic heterocycles. The van der Waals surface area contributed by atoms with Gasteiger partial charge in [-0.25, -0.2) is 4.39 Å². The lowest BCUT2D eigenvalue weighted by Crippen LogP contribution is -2.24. The smallest absolute Gasteiger partial charge is 0.261 e. The molecule has 0 radical (unpaired) electrons. The molecule has 0 atom stereocenters. The molecule has 3 nitrogen and oxygen atoms in total. The number of aromatic nitrogens is 2. The first-order valence-electron chi connectivity index (χ1n) is 9.31. The van der Waals surface area contributed by atoms with E-state index in [-0.39, 0.29) is 17.9 Å². The van der Waals surface area contributed by atoms with Gasteiger partial charge in [-0.3, -0.25) is 13.8 Å². The van der Waals surface area contributed by atoms with Crippen LogP contribution in [0.15, 0.2) is 71.5 Å². The Bertz CT molecular complexity index is 1600. The lowest BCUT2D eigenvalue weighted by molar-refractivity contribution is 0.599. The van der Waals surface area contributed by atoms with Gasteiger partial charge in [0.05, 0.1) is 27.3 Å². The van der Waals surface area contributed by atoms with Crippen molar-refractivity contribution in [2.75, 3.05) is 0 Å². The van der Waals surface area contributed by atoms with Crippen molar-refractivity contribution in [2.45, 2.75) is 6.54 Å².